The van der Waals surface area contributed by atoms with Gasteiger partial charge in [-0.3, -0.25) is 4.79 Å². The fraction of sp³-hybridized carbons (Fsp3) is 0.583. The number of rotatable bonds is 4. The summed E-state index contributed by atoms with van der Waals surface area (Å²) < 4.78 is 1.84. The molecule has 1 aliphatic rings. The van der Waals surface area contributed by atoms with Crippen LogP contribution in [0.2, 0.25) is 0 Å². The van der Waals surface area contributed by atoms with Crippen molar-refractivity contribution in [3.05, 3.63) is 24.0 Å². The summed E-state index contributed by atoms with van der Waals surface area (Å²) in [5.41, 5.74) is 0.722. The molecule has 2 rings (SSSR count). The predicted molar refractivity (Wildman–Crippen MR) is 63.4 cm³/mol. The van der Waals surface area contributed by atoms with Crippen molar-refractivity contribution < 1.29 is 4.79 Å². The summed E-state index contributed by atoms with van der Waals surface area (Å²) in [6.45, 7) is 1.87. The van der Waals surface area contributed by atoms with Gasteiger partial charge in [0.15, 0.2) is 0 Å². The Kier molecular flexibility index (Phi) is 3.62. The maximum absolute atomic E-state index is 11.7. The van der Waals surface area contributed by atoms with E-state index in [0.717, 1.165) is 25.2 Å². The molecule has 0 spiro atoms. The van der Waals surface area contributed by atoms with Gasteiger partial charge in [-0.1, -0.05) is 0 Å². The molecule has 0 bridgehead atoms. The summed E-state index contributed by atoms with van der Waals surface area (Å²) >= 11 is 0. The molecule has 0 aliphatic carbocycles. The third kappa shape index (κ3) is 2.64. The van der Waals surface area contributed by atoms with Crippen LogP contribution in [0.5, 0.6) is 0 Å². The Labute approximate surface area is 96.0 Å². The molecule has 1 aromatic rings. The molecule has 1 aromatic heterocycles. The molecule has 0 aromatic carbocycles. The maximum Gasteiger partial charge on any atom is 0.267 e. The van der Waals surface area contributed by atoms with Gasteiger partial charge in [0.25, 0.3) is 5.91 Å². The molecular weight excluding hydrogens is 202 g/mol. The molecular formula is C12H19N3O. The second-order valence-electron chi connectivity index (χ2n) is 4.34. The van der Waals surface area contributed by atoms with Crippen molar-refractivity contribution in [2.75, 3.05) is 13.1 Å². The van der Waals surface area contributed by atoms with Crippen LogP contribution in [-0.2, 0) is 7.05 Å². The van der Waals surface area contributed by atoms with Gasteiger partial charge in [-0.05, 0) is 37.9 Å². The van der Waals surface area contributed by atoms with Crippen LogP contribution in [0.1, 0.15) is 29.8 Å². The lowest BCUT2D eigenvalue weighted by Crippen LogP contribution is -2.31. The molecule has 0 saturated carbocycles. The number of carbonyl (C=O) groups is 1. The van der Waals surface area contributed by atoms with Gasteiger partial charge in [0, 0.05) is 25.8 Å². The number of carbonyl (C=O) groups excluding carboxylic acids is 1. The Morgan fingerprint density at radius 1 is 1.69 bits per heavy atom. The number of aromatic nitrogens is 1. The highest BCUT2D eigenvalue weighted by molar-refractivity contribution is 5.92. The molecule has 0 unspecified atom stereocenters. The smallest absolute Gasteiger partial charge is 0.267 e. The van der Waals surface area contributed by atoms with Gasteiger partial charge in [-0.2, -0.15) is 0 Å². The molecule has 88 valence electrons. The second kappa shape index (κ2) is 5.16. The van der Waals surface area contributed by atoms with Crippen LogP contribution in [0.4, 0.5) is 0 Å². The van der Waals surface area contributed by atoms with Crippen molar-refractivity contribution in [2.45, 2.75) is 25.3 Å². The predicted octanol–water partition coefficient (Wildman–Crippen LogP) is 0.897. The normalized spacial score (nSPS) is 19.9. The highest BCUT2D eigenvalue weighted by Gasteiger charge is 2.14. The quantitative estimate of drug-likeness (QED) is 0.793. The van der Waals surface area contributed by atoms with Gasteiger partial charge in [0.05, 0.1) is 0 Å². The van der Waals surface area contributed by atoms with E-state index in [0.29, 0.717) is 6.04 Å². The van der Waals surface area contributed by atoms with E-state index in [4.69, 9.17) is 0 Å². The molecule has 1 atom stereocenters. The number of hydrogen-bond donors (Lipinski definition) is 2. The van der Waals surface area contributed by atoms with Crippen LogP contribution in [0, 0.1) is 0 Å². The van der Waals surface area contributed by atoms with E-state index in [9.17, 15) is 4.79 Å². The number of nitrogens with zero attached hydrogens (tertiary/aromatic N) is 1. The topological polar surface area (TPSA) is 46.1 Å². The summed E-state index contributed by atoms with van der Waals surface area (Å²) in [6.07, 6.45) is 5.40. The van der Waals surface area contributed by atoms with Gasteiger partial charge in [0.1, 0.15) is 5.69 Å². The fourth-order valence-corrected chi connectivity index (χ4v) is 2.15. The number of hydrogen-bond acceptors (Lipinski definition) is 2. The third-order valence-electron chi connectivity index (χ3n) is 3.12. The van der Waals surface area contributed by atoms with E-state index in [1.54, 1.807) is 0 Å². The number of nitrogens with one attached hydrogen (secondary N) is 2. The lowest BCUT2D eigenvalue weighted by molar-refractivity contribution is 0.0944. The summed E-state index contributed by atoms with van der Waals surface area (Å²) in [6, 6.07) is 4.31. The zero-order valence-corrected chi connectivity index (χ0v) is 9.70. The second-order valence-corrected chi connectivity index (χ2v) is 4.34. The first-order valence-corrected chi connectivity index (χ1v) is 5.90. The first-order chi connectivity index (χ1) is 7.77. The van der Waals surface area contributed by atoms with E-state index in [2.05, 4.69) is 10.6 Å². The van der Waals surface area contributed by atoms with Crippen LogP contribution < -0.4 is 10.6 Å². The summed E-state index contributed by atoms with van der Waals surface area (Å²) in [4.78, 5) is 11.7. The standard InChI is InChI=1S/C12H19N3O/c1-15-9-3-5-11(15)12(16)14-8-6-10-4-2-7-13-10/h3,5,9-10,13H,2,4,6-8H2,1H3,(H,14,16)/t10-/m0/s1. The molecule has 1 amide bonds. The highest BCUT2D eigenvalue weighted by atomic mass is 16.1. The van der Waals surface area contributed by atoms with E-state index < -0.39 is 0 Å². The van der Waals surface area contributed by atoms with Crippen molar-refractivity contribution in [3.8, 4) is 0 Å². The summed E-state index contributed by atoms with van der Waals surface area (Å²) in [5, 5.41) is 6.37. The molecule has 1 fully saturated rings. The van der Waals surface area contributed by atoms with Crippen molar-refractivity contribution >= 4 is 5.91 Å². The molecule has 2 N–H and O–H groups in total. The number of aryl methyl sites for hydroxylation is 1. The highest BCUT2D eigenvalue weighted by Crippen LogP contribution is 2.07. The monoisotopic (exact) mass is 221 g/mol. The van der Waals surface area contributed by atoms with Crippen molar-refractivity contribution in [3.63, 3.8) is 0 Å². The molecule has 4 heteroatoms. The zero-order valence-electron chi connectivity index (χ0n) is 9.70. The maximum atomic E-state index is 11.7. The van der Waals surface area contributed by atoms with E-state index in [1.165, 1.54) is 12.8 Å². The van der Waals surface area contributed by atoms with Crippen LogP contribution >= 0.6 is 0 Å². The Hall–Kier alpha value is -1.29. The Balaban J connectivity index is 1.73. The Bertz CT molecular complexity index is 353. The average Bonchev–Trinajstić information content (AvgIpc) is 2.88. The van der Waals surface area contributed by atoms with Gasteiger partial charge in [-0.25, -0.2) is 0 Å². The first-order valence-electron chi connectivity index (χ1n) is 5.90. The van der Waals surface area contributed by atoms with E-state index in [1.807, 2.05) is 29.9 Å². The molecule has 1 saturated heterocycles. The lowest BCUT2D eigenvalue weighted by Gasteiger charge is -2.10. The minimum absolute atomic E-state index is 0.0190. The molecule has 0 radical (unpaired) electrons. The van der Waals surface area contributed by atoms with Crippen molar-refractivity contribution in [1.82, 2.24) is 15.2 Å². The minimum atomic E-state index is 0.0190. The fourth-order valence-electron chi connectivity index (χ4n) is 2.15. The van der Waals surface area contributed by atoms with Crippen LogP contribution in [0.25, 0.3) is 0 Å². The average molecular weight is 221 g/mol. The van der Waals surface area contributed by atoms with Crippen LogP contribution in [-0.4, -0.2) is 29.6 Å². The van der Waals surface area contributed by atoms with Crippen molar-refractivity contribution in [2.24, 2.45) is 7.05 Å². The lowest BCUT2D eigenvalue weighted by atomic mass is 10.1. The molecule has 4 nitrogen and oxygen atoms in total. The van der Waals surface area contributed by atoms with Gasteiger partial charge >= 0.3 is 0 Å². The molecule has 2 heterocycles. The summed E-state index contributed by atoms with van der Waals surface area (Å²) in [7, 11) is 1.88. The molecule has 16 heavy (non-hydrogen) atoms. The van der Waals surface area contributed by atoms with Crippen LogP contribution in [0.3, 0.4) is 0 Å². The molecule has 1 aliphatic heterocycles. The minimum Gasteiger partial charge on any atom is -0.351 e. The summed E-state index contributed by atoms with van der Waals surface area (Å²) in [5.74, 6) is 0.0190. The van der Waals surface area contributed by atoms with E-state index in [-0.39, 0.29) is 5.91 Å². The van der Waals surface area contributed by atoms with Gasteiger partial charge in [-0.15, -0.1) is 0 Å². The van der Waals surface area contributed by atoms with Gasteiger partial charge < -0.3 is 15.2 Å². The largest absolute Gasteiger partial charge is 0.351 e. The zero-order chi connectivity index (χ0) is 11.4. The Morgan fingerprint density at radius 2 is 2.56 bits per heavy atom. The Morgan fingerprint density at radius 3 is 3.19 bits per heavy atom. The van der Waals surface area contributed by atoms with Crippen molar-refractivity contribution in [1.29, 1.82) is 0 Å². The van der Waals surface area contributed by atoms with Crippen LogP contribution in [0.15, 0.2) is 18.3 Å². The van der Waals surface area contributed by atoms with Gasteiger partial charge in [0.2, 0.25) is 0 Å². The first kappa shape index (κ1) is 11.2. The van der Waals surface area contributed by atoms with E-state index >= 15 is 0 Å². The third-order valence-corrected chi connectivity index (χ3v) is 3.12. The number of amides is 1. The SMILES string of the molecule is Cn1cccc1C(=O)NCC[C@@H]1CCCN1.